The summed E-state index contributed by atoms with van der Waals surface area (Å²) < 4.78 is 11.5. The number of likely N-dealkylation sites (tertiary alicyclic amines) is 1. The average Bonchev–Trinajstić information content (AvgIpc) is 2.90. The van der Waals surface area contributed by atoms with E-state index in [9.17, 15) is 4.79 Å². The van der Waals surface area contributed by atoms with Gasteiger partial charge in [-0.15, -0.1) is 0 Å². The van der Waals surface area contributed by atoms with Gasteiger partial charge in [-0.1, -0.05) is 35.9 Å². The summed E-state index contributed by atoms with van der Waals surface area (Å²) in [7, 11) is 1.68. The molecule has 0 aromatic heterocycles. The lowest BCUT2D eigenvalue weighted by Gasteiger charge is -2.33. The number of carbonyl (C=O) groups excluding carboxylic acids is 1. The fourth-order valence-electron chi connectivity index (χ4n) is 4.47. The first kappa shape index (κ1) is 21.0. The molecule has 0 bridgehead atoms. The monoisotopic (exact) mass is 428 g/mol. The molecule has 1 amide bonds. The quantitative estimate of drug-likeness (QED) is 0.718. The number of rotatable bonds is 4. The smallest absolute Gasteiger partial charge is 0.222 e. The largest absolute Gasteiger partial charge is 0.493 e. The van der Waals surface area contributed by atoms with Gasteiger partial charge in [0, 0.05) is 49.2 Å². The number of hydrogen-bond donors (Lipinski definition) is 0. The van der Waals surface area contributed by atoms with Crippen molar-refractivity contribution < 1.29 is 14.3 Å². The number of carbonyl (C=O) groups is 1. The molecule has 160 valence electrons. The predicted octanol–water partition coefficient (Wildman–Crippen LogP) is 4.51. The summed E-state index contributed by atoms with van der Waals surface area (Å²) in [5, 5.41) is 0.713. The number of methoxy groups -OCH3 is 1. The van der Waals surface area contributed by atoms with E-state index >= 15 is 0 Å². The van der Waals surface area contributed by atoms with Crippen LogP contribution in [0, 0.1) is 0 Å². The van der Waals surface area contributed by atoms with Crippen LogP contribution in [0.3, 0.4) is 0 Å². The maximum atomic E-state index is 12.8. The minimum atomic E-state index is 0.231. The summed E-state index contributed by atoms with van der Waals surface area (Å²) in [4.78, 5) is 17.3. The second-order valence-corrected chi connectivity index (χ2v) is 8.48. The number of amides is 1. The summed E-state index contributed by atoms with van der Waals surface area (Å²) >= 11 is 6.12. The summed E-state index contributed by atoms with van der Waals surface area (Å²) in [6.45, 7) is 3.87. The van der Waals surface area contributed by atoms with Crippen molar-refractivity contribution in [1.29, 1.82) is 0 Å². The van der Waals surface area contributed by atoms with Crippen molar-refractivity contribution in [3.8, 4) is 11.5 Å². The fourth-order valence-corrected chi connectivity index (χ4v) is 4.68. The van der Waals surface area contributed by atoms with E-state index in [1.165, 1.54) is 0 Å². The number of hydrogen-bond acceptors (Lipinski definition) is 4. The molecule has 2 aliphatic rings. The Kier molecular flexibility index (Phi) is 6.80. The Morgan fingerprint density at radius 2 is 2.03 bits per heavy atom. The van der Waals surface area contributed by atoms with Crippen LogP contribution < -0.4 is 9.47 Å². The third-order valence-corrected chi connectivity index (χ3v) is 6.28. The molecule has 5 nitrogen and oxygen atoms in total. The lowest BCUT2D eigenvalue weighted by Crippen LogP contribution is -2.38. The number of benzene rings is 2. The molecule has 1 unspecified atom stereocenters. The minimum Gasteiger partial charge on any atom is -0.493 e. The van der Waals surface area contributed by atoms with E-state index in [1.807, 2.05) is 41.3 Å². The molecule has 30 heavy (non-hydrogen) atoms. The lowest BCUT2D eigenvalue weighted by molar-refractivity contribution is -0.131. The zero-order valence-corrected chi connectivity index (χ0v) is 18.2. The number of nitrogens with zero attached hydrogens (tertiary/aromatic N) is 2. The zero-order chi connectivity index (χ0) is 20.9. The predicted molar refractivity (Wildman–Crippen MR) is 118 cm³/mol. The molecule has 1 fully saturated rings. The normalized spacial score (nSPS) is 20.5. The second kappa shape index (κ2) is 9.71. The molecule has 2 aromatic rings. The van der Waals surface area contributed by atoms with Crippen molar-refractivity contribution in [2.75, 3.05) is 26.8 Å². The summed E-state index contributed by atoms with van der Waals surface area (Å²) in [5.41, 5.74) is 2.24. The highest BCUT2D eigenvalue weighted by atomic mass is 35.5. The van der Waals surface area contributed by atoms with Gasteiger partial charge in [0.05, 0.1) is 13.7 Å². The average molecular weight is 429 g/mol. The molecule has 4 rings (SSSR count). The topological polar surface area (TPSA) is 42.0 Å². The molecule has 2 aromatic carbocycles. The third-order valence-electron chi connectivity index (χ3n) is 6.05. The first-order valence-electron chi connectivity index (χ1n) is 10.7. The van der Waals surface area contributed by atoms with Crippen LogP contribution in [0.15, 0.2) is 42.5 Å². The maximum Gasteiger partial charge on any atom is 0.222 e. The molecule has 0 spiro atoms. The van der Waals surface area contributed by atoms with Crippen LogP contribution in [0.5, 0.6) is 11.5 Å². The Hall–Kier alpha value is -2.24. The van der Waals surface area contributed by atoms with E-state index in [1.54, 1.807) is 7.11 Å². The highest BCUT2D eigenvalue weighted by Crippen LogP contribution is 2.34. The van der Waals surface area contributed by atoms with Gasteiger partial charge < -0.3 is 14.4 Å². The van der Waals surface area contributed by atoms with Crippen LogP contribution >= 0.6 is 11.6 Å². The second-order valence-electron chi connectivity index (χ2n) is 8.05. The van der Waals surface area contributed by atoms with Gasteiger partial charge in [-0.25, -0.2) is 0 Å². The van der Waals surface area contributed by atoms with Crippen molar-refractivity contribution in [2.45, 2.75) is 44.8 Å². The molecule has 0 N–H and O–H groups in total. The number of ether oxygens (including phenoxy) is 2. The molecule has 6 heteroatoms. The van der Waals surface area contributed by atoms with Gasteiger partial charge >= 0.3 is 0 Å². The van der Waals surface area contributed by atoms with E-state index < -0.39 is 0 Å². The molecule has 2 heterocycles. The van der Waals surface area contributed by atoms with E-state index in [-0.39, 0.29) is 5.91 Å². The van der Waals surface area contributed by atoms with Crippen LogP contribution in [0.4, 0.5) is 0 Å². The summed E-state index contributed by atoms with van der Waals surface area (Å²) in [5.74, 6) is 1.88. The number of halogens is 1. The van der Waals surface area contributed by atoms with E-state index in [4.69, 9.17) is 21.1 Å². The fraction of sp³-hybridized carbons (Fsp3) is 0.458. The van der Waals surface area contributed by atoms with Crippen LogP contribution in [0.1, 0.15) is 36.8 Å². The van der Waals surface area contributed by atoms with Gasteiger partial charge in [-0.2, -0.15) is 0 Å². The summed E-state index contributed by atoms with van der Waals surface area (Å²) in [6, 6.07) is 14.2. The van der Waals surface area contributed by atoms with Crippen molar-refractivity contribution in [3.05, 3.63) is 58.6 Å². The molecular formula is C24H29ClN2O3. The van der Waals surface area contributed by atoms with Crippen molar-refractivity contribution in [1.82, 2.24) is 9.80 Å². The van der Waals surface area contributed by atoms with Gasteiger partial charge in [0.1, 0.15) is 0 Å². The molecular weight excluding hydrogens is 400 g/mol. The molecule has 1 saturated heterocycles. The van der Waals surface area contributed by atoms with Crippen molar-refractivity contribution >= 4 is 17.5 Å². The van der Waals surface area contributed by atoms with Crippen LogP contribution in [0.25, 0.3) is 0 Å². The van der Waals surface area contributed by atoms with E-state index in [0.29, 0.717) is 30.6 Å². The van der Waals surface area contributed by atoms with Gasteiger partial charge in [0.15, 0.2) is 11.5 Å². The lowest BCUT2D eigenvalue weighted by atomic mass is 10.0. The number of fused-ring (bicyclic) bond motifs is 1. The molecule has 2 aliphatic heterocycles. The first-order chi connectivity index (χ1) is 14.6. The maximum absolute atomic E-state index is 12.8. The Labute approximate surface area is 183 Å². The van der Waals surface area contributed by atoms with Crippen molar-refractivity contribution in [3.63, 3.8) is 0 Å². The highest BCUT2D eigenvalue weighted by Gasteiger charge is 2.28. The highest BCUT2D eigenvalue weighted by molar-refractivity contribution is 6.30. The molecule has 1 atom stereocenters. The Morgan fingerprint density at radius 1 is 1.17 bits per heavy atom. The molecule has 0 radical (unpaired) electrons. The zero-order valence-electron chi connectivity index (χ0n) is 17.5. The van der Waals surface area contributed by atoms with E-state index in [0.717, 1.165) is 61.5 Å². The van der Waals surface area contributed by atoms with Gasteiger partial charge in [0.25, 0.3) is 0 Å². The van der Waals surface area contributed by atoms with Gasteiger partial charge in [0.2, 0.25) is 5.91 Å². The third kappa shape index (κ3) is 4.90. The SMILES string of the molecule is COc1cccc2c1OCCCN(C1CCC(=O)N(Cc3cccc(Cl)c3)CC1)C2. The first-order valence-corrected chi connectivity index (χ1v) is 11.1. The van der Waals surface area contributed by atoms with E-state index in [2.05, 4.69) is 11.0 Å². The standard InChI is InChI=1S/C24H29ClN2O3/c1-29-22-8-3-6-19-17-26(12-4-14-30-24(19)22)21-9-10-23(28)27(13-11-21)16-18-5-2-7-20(25)15-18/h2-3,5-8,15,21H,4,9-14,16-17H2,1H3. The van der Waals surface area contributed by atoms with Crippen LogP contribution in [-0.2, 0) is 17.9 Å². The van der Waals surface area contributed by atoms with Gasteiger partial charge in [-0.3, -0.25) is 9.69 Å². The van der Waals surface area contributed by atoms with Crippen LogP contribution in [-0.4, -0.2) is 48.6 Å². The van der Waals surface area contributed by atoms with Crippen LogP contribution in [0.2, 0.25) is 5.02 Å². The Morgan fingerprint density at radius 3 is 2.87 bits per heavy atom. The molecule has 0 aliphatic carbocycles. The Balaban J connectivity index is 1.46. The minimum absolute atomic E-state index is 0.231. The molecule has 0 saturated carbocycles. The summed E-state index contributed by atoms with van der Waals surface area (Å²) in [6.07, 6.45) is 3.43. The Bertz CT molecular complexity index is 889. The number of para-hydroxylation sites is 1. The van der Waals surface area contributed by atoms with Gasteiger partial charge in [-0.05, 0) is 43.0 Å². The van der Waals surface area contributed by atoms with Crippen molar-refractivity contribution in [2.24, 2.45) is 0 Å².